The first kappa shape index (κ1) is 15.1. The van der Waals surface area contributed by atoms with Crippen LogP contribution in [0, 0.1) is 17.4 Å². The smallest absolute Gasteiger partial charge is 0.270 e. The summed E-state index contributed by atoms with van der Waals surface area (Å²) in [7, 11) is 0. The van der Waals surface area contributed by atoms with Gasteiger partial charge in [-0.3, -0.25) is 4.79 Å². The molecule has 0 aliphatic carbocycles. The number of rotatable bonds is 3. The maximum Gasteiger partial charge on any atom is 0.270 e. The topological polar surface area (TPSA) is 53.8 Å². The van der Waals surface area contributed by atoms with Crippen molar-refractivity contribution in [3.8, 4) is 0 Å². The largest absolute Gasteiger partial charge is 0.349 e. The van der Waals surface area contributed by atoms with Gasteiger partial charge in [-0.1, -0.05) is 18.2 Å². The highest BCUT2D eigenvalue weighted by Gasteiger charge is 2.23. The van der Waals surface area contributed by atoms with E-state index in [2.05, 4.69) is 16.4 Å². The number of halogens is 1. The molecular formula is C19H16ClN3O. The van der Waals surface area contributed by atoms with Crippen molar-refractivity contribution in [2.45, 2.75) is 13.8 Å². The van der Waals surface area contributed by atoms with E-state index >= 15 is 0 Å². The van der Waals surface area contributed by atoms with Gasteiger partial charge < -0.3 is 5.32 Å². The highest BCUT2D eigenvalue weighted by molar-refractivity contribution is 6.55. The molecule has 0 atom stereocenters. The molecule has 0 spiro atoms. The molecule has 0 saturated carbocycles. The van der Waals surface area contributed by atoms with Gasteiger partial charge >= 0.3 is 0 Å². The number of amides is 1. The predicted octanol–water partition coefficient (Wildman–Crippen LogP) is 2.16. The number of fused-ring (bicyclic) bond motifs is 3. The lowest BCUT2D eigenvalue weighted by molar-refractivity contribution is -0.114. The third-order valence-corrected chi connectivity index (χ3v) is 4.70. The Morgan fingerprint density at radius 1 is 1.17 bits per heavy atom. The van der Waals surface area contributed by atoms with Crippen LogP contribution in [0.1, 0.15) is 12.5 Å². The van der Waals surface area contributed by atoms with Gasteiger partial charge in [-0.25, -0.2) is 9.98 Å². The lowest BCUT2D eigenvalue weighted by Gasteiger charge is -2.04. The molecule has 2 aliphatic heterocycles. The number of benzene rings is 2. The van der Waals surface area contributed by atoms with Crippen molar-refractivity contribution in [1.82, 2.24) is 5.32 Å². The van der Waals surface area contributed by atoms with Crippen LogP contribution in [-0.4, -0.2) is 24.0 Å². The Bertz CT molecular complexity index is 1130. The Balaban J connectivity index is 1.96. The van der Waals surface area contributed by atoms with Crippen molar-refractivity contribution in [2.75, 3.05) is 12.4 Å². The lowest BCUT2D eigenvalue weighted by Crippen LogP contribution is -2.32. The molecule has 1 N–H and O–H groups in total. The average molecular weight is 338 g/mol. The third kappa shape index (κ3) is 2.10. The van der Waals surface area contributed by atoms with Crippen LogP contribution in [0.25, 0.3) is 5.57 Å². The summed E-state index contributed by atoms with van der Waals surface area (Å²) < 4.78 is 0. The quantitative estimate of drug-likeness (QED) is 0.732. The van der Waals surface area contributed by atoms with Gasteiger partial charge in [-0.05, 0) is 37.1 Å². The second kappa shape index (κ2) is 5.56. The maximum atomic E-state index is 12.3. The van der Waals surface area contributed by atoms with E-state index in [4.69, 9.17) is 16.6 Å². The highest BCUT2D eigenvalue weighted by atomic mass is 35.5. The number of para-hydroxylation sites is 1. The molecule has 0 bridgehead atoms. The minimum atomic E-state index is -0.179. The van der Waals surface area contributed by atoms with E-state index in [1.807, 2.05) is 38.1 Å². The molecule has 4 nitrogen and oxygen atoms in total. The first-order chi connectivity index (χ1) is 11.6. The van der Waals surface area contributed by atoms with E-state index in [0.717, 1.165) is 43.5 Å². The molecule has 5 heteroatoms. The van der Waals surface area contributed by atoms with Crippen LogP contribution in [0.15, 0.2) is 40.3 Å². The zero-order valence-corrected chi connectivity index (χ0v) is 14.2. The van der Waals surface area contributed by atoms with E-state index in [1.165, 1.54) is 0 Å². The second-order valence-corrected chi connectivity index (χ2v) is 6.33. The summed E-state index contributed by atoms with van der Waals surface area (Å²) in [6, 6.07) is 10.1. The normalized spacial score (nSPS) is 13.8. The second-order valence-electron chi connectivity index (χ2n) is 5.95. The average Bonchev–Trinajstić information content (AvgIpc) is 3.12. The van der Waals surface area contributed by atoms with Crippen molar-refractivity contribution in [1.29, 1.82) is 0 Å². The van der Waals surface area contributed by atoms with E-state index in [9.17, 15) is 4.79 Å². The molecule has 0 aromatic heterocycles. The summed E-state index contributed by atoms with van der Waals surface area (Å²) in [6.45, 7) is 4.42. The Hall–Kier alpha value is -2.46. The Labute approximate surface area is 143 Å². The van der Waals surface area contributed by atoms with Crippen molar-refractivity contribution in [3.63, 3.8) is 0 Å². The molecule has 0 unspecified atom stereocenters. The van der Waals surface area contributed by atoms with Gasteiger partial charge in [-0.15, -0.1) is 11.6 Å². The van der Waals surface area contributed by atoms with Crippen molar-refractivity contribution in [2.24, 2.45) is 9.98 Å². The number of nitrogens with one attached hydrogen (secondary N) is 1. The van der Waals surface area contributed by atoms with Crippen molar-refractivity contribution >= 4 is 40.2 Å². The fraction of sp³-hybridized carbons (Fsp3) is 0.211. The van der Waals surface area contributed by atoms with E-state index in [1.54, 1.807) is 0 Å². The number of nitrogens with zero attached hydrogens (tertiary/aromatic N) is 2. The minimum absolute atomic E-state index is 0.179. The van der Waals surface area contributed by atoms with Crippen molar-refractivity contribution in [3.05, 3.63) is 56.9 Å². The number of carbonyl (C=O) groups excluding carboxylic acids is 1. The van der Waals surface area contributed by atoms with Gasteiger partial charge in [0.1, 0.15) is 5.71 Å². The summed E-state index contributed by atoms with van der Waals surface area (Å²) in [5, 5.41) is 6.99. The zero-order valence-electron chi connectivity index (χ0n) is 13.5. The SMILES string of the molecule is CC1=c2c(cc3c(c2C)N=c2ccccc2=3)N=C1C(=O)NCCCl. The molecule has 2 aliphatic rings. The monoisotopic (exact) mass is 337 g/mol. The molecule has 120 valence electrons. The van der Waals surface area contributed by atoms with Crippen LogP contribution in [0.3, 0.4) is 0 Å². The molecule has 2 aromatic carbocycles. The first-order valence-corrected chi connectivity index (χ1v) is 8.41. The Morgan fingerprint density at radius 2 is 1.96 bits per heavy atom. The molecule has 0 fully saturated rings. The summed E-state index contributed by atoms with van der Waals surface area (Å²) in [6.07, 6.45) is 0. The zero-order chi connectivity index (χ0) is 16.8. The van der Waals surface area contributed by atoms with Crippen molar-refractivity contribution < 1.29 is 4.79 Å². The summed E-state index contributed by atoms with van der Waals surface area (Å²) in [5.41, 5.74) is 4.25. The molecule has 2 aromatic rings. The molecule has 4 rings (SSSR count). The number of hydrogen-bond donors (Lipinski definition) is 1. The molecule has 2 heterocycles. The Morgan fingerprint density at radius 3 is 2.75 bits per heavy atom. The fourth-order valence-electron chi connectivity index (χ4n) is 3.41. The first-order valence-electron chi connectivity index (χ1n) is 7.87. The molecule has 0 radical (unpaired) electrons. The van der Waals surface area contributed by atoms with Crippen LogP contribution in [0.5, 0.6) is 0 Å². The van der Waals surface area contributed by atoms with Crippen LogP contribution in [0.4, 0.5) is 11.4 Å². The predicted molar refractivity (Wildman–Crippen MR) is 95.6 cm³/mol. The summed E-state index contributed by atoms with van der Waals surface area (Å²) >= 11 is 5.65. The summed E-state index contributed by atoms with van der Waals surface area (Å²) in [5.74, 6) is 0.204. The molecule has 1 amide bonds. The van der Waals surface area contributed by atoms with Gasteiger partial charge in [0.05, 0.1) is 16.7 Å². The number of alkyl halides is 1. The molecule has 0 saturated heterocycles. The van der Waals surface area contributed by atoms with E-state index in [0.29, 0.717) is 18.1 Å². The number of carbonyl (C=O) groups is 1. The maximum absolute atomic E-state index is 12.3. The van der Waals surface area contributed by atoms with Gasteiger partial charge in [-0.2, -0.15) is 0 Å². The van der Waals surface area contributed by atoms with Gasteiger partial charge in [0.15, 0.2) is 0 Å². The third-order valence-electron chi connectivity index (χ3n) is 4.51. The van der Waals surface area contributed by atoms with Crippen LogP contribution < -0.4 is 15.9 Å². The van der Waals surface area contributed by atoms with Crippen LogP contribution in [0.2, 0.25) is 0 Å². The van der Waals surface area contributed by atoms with Gasteiger partial charge in [0.25, 0.3) is 5.91 Å². The number of hydrogen-bond acceptors (Lipinski definition) is 3. The van der Waals surface area contributed by atoms with E-state index in [-0.39, 0.29) is 5.91 Å². The molecule has 24 heavy (non-hydrogen) atoms. The highest BCUT2D eigenvalue weighted by Crippen LogP contribution is 2.28. The van der Waals surface area contributed by atoms with Crippen LogP contribution >= 0.6 is 11.6 Å². The van der Waals surface area contributed by atoms with E-state index < -0.39 is 0 Å². The standard InChI is InChI=1S/C19H16ClN3O/c1-10-16-11(2)18(19(24)21-8-7-20)23-15(16)9-13-12-5-3-4-6-14(12)22-17(10)13/h3-6,9H,7-8H2,1-2H3,(H,21,24). The summed E-state index contributed by atoms with van der Waals surface area (Å²) in [4.78, 5) is 21.6. The fourth-order valence-corrected chi connectivity index (χ4v) is 3.50. The van der Waals surface area contributed by atoms with Gasteiger partial charge in [0, 0.05) is 28.1 Å². The van der Waals surface area contributed by atoms with Crippen LogP contribution in [-0.2, 0) is 4.79 Å². The van der Waals surface area contributed by atoms with Gasteiger partial charge in [0.2, 0.25) is 0 Å². The Kier molecular flexibility index (Phi) is 3.50. The lowest BCUT2D eigenvalue weighted by atomic mass is 10.0. The molecular weight excluding hydrogens is 322 g/mol. The number of aliphatic imine (C=N–C) groups is 1. The minimum Gasteiger partial charge on any atom is -0.349 e.